The Hall–Kier alpha value is -2.21. The molecule has 1 aromatic heterocycles. The Balaban J connectivity index is 2.01. The normalized spacial score (nSPS) is 11.3. The Kier molecular flexibility index (Phi) is 4.14. The first-order chi connectivity index (χ1) is 9.42. The number of carbonyl (C=O) groups excluding carboxylic acids is 1. The predicted octanol–water partition coefficient (Wildman–Crippen LogP) is 1.39. The van der Waals surface area contributed by atoms with E-state index in [0.717, 1.165) is 11.3 Å². The van der Waals surface area contributed by atoms with Gasteiger partial charge in [-0.3, -0.25) is 4.79 Å². The number of nitrogens with two attached hydrogens (primary N) is 1. The average Bonchev–Trinajstić information content (AvgIpc) is 2.79. The summed E-state index contributed by atoms with van der Waals surface area (Å²) in [6.45, 7) is 4.27. The molecule has 6 nitrogen and oxygen atoms in total. The molecule has 0 bridgehead atoms. The van der Waals surface area contributed by atoms with Crippen LogP contribution < -0.4 is 11.1 Å². The van der Waals surface area contributed by atoms with E-state index in [1.165, 1.54) is 6.33 Å². The van der Waals surface area contributed by atoms with Gasteiger partial charge in [-0.1, -0.05) is 12.1 Å². The van der Waals surface area contributed by atoms with E-state index in [1.807, 2.05) is 38.1 Å². The van der Waals surface area contributed by atoms with Crippen molar-refractivity contribution in [2.75, 3.05) is 5.32 Å². The highest BCUT2D eigenvalue weighted by Gasteiger charge is 2.16. The summed E-state index contributed by atoms with van der Waals surface area (Å²) in [4.78, 5) is 15.7. The number of hydrogen-bond acceptors (Lipinski definition) is 4. The second-order valence-electron chi connectivity index (χ2n) is 5.51. The van der Waals surface area contributed by atoms with Gasteiger partial charge in [0.2, 0.25) is 5.91 Å². The number of carbonyl (C=O) groups is 1. The summed E-state index contributed by atoms with van der Waals surface area (Å²) >= 11 is 0. The van der Waals surface area contributed by atoms with Crippen molar-refractivity contribution in [2.45, 2.75) is 32.4 Å². The zero-order valence-corrected chi connectivity index (χ0v) is 11.7. The molecule has 0 aliphatic heterocycles. The second-order valence-corrected chi connectivity index (χ2v) is 5.51. The summed E-state index contributed by atoms with van der Waals surface area (Å²) < 4.78 is 1.73. The van der Waals surface area contributed by atoms with Gasteiger partial charge in [0.15, 0.2) is 0 Å². The third-order valence-electron chi connectivity index (χ3n) is 2.64. The van der Waals surface area contributed by atoms with Crippen LogP contribution in [-0.4, -0.2) is 26.2 Å². The molecule has 0 atom stereocenters. The number of aromatic nitrogens is 3. The molecule has 2 rings (SSSR count). The summed E-state index contributed by atoms with van der Waals surface area (Å²) in [5.74, 6) is -0.0876. The maximum absolute atomic E-state index is 11.8. The summed E-state index contributed by atoms with van der Waals surface area (Å²) in [6, 6.07) is 7.65. The van der Waals surface area contributed by atoms with Crippen molar-refractivity contribution in [2.24, 2.45) is 5.73 Å². The van der Waals surface area contributed by atoms with Gasteiger partial charge in [0.25, 0.3) is 0 Å². The molecule has 0 spiro atoms. The predicted molar refractivity (Wildman–Crippen MR) is 77.1 cm³/mol. The number of anilines is 1. The fourth-order valence-electron chi connectivity index (χ4n) is 1.87. The van der Waals surface area contributed by atoms with E-state index in [4.69, 9.17) is 5.73 Å². The Morgan fingerprint density at radius 3 is 2.90 bits per heavy atom. The topological polar surface area (TPSA) is 85.8 Å². The lowest BCUT2D eigenvalue weighted by Gasteiger charge is -2.17. The van der Waals surface area contributed by atoms with Gasteiger partial charge < -0.3 is 11.1 Å². The molecule has 1 amide bonds. The highest BCUT2D eigenvalue weighted by Crippen LogP contribution is 2.13. The van der Waals surface area contributed by atoms with Crippen LogP contribution in [0.5, 0.6) is 0 Å². The number of hydrogen-bond donors (Lipinski definition) is 2. The molecule has 0 saturated carbocycles. The van der Waals surface area contributed by atoms with Crippen molar-refractivity contribution < 1.29 is 4.79 Å². The SMILES string of the molecule is CC(C)(N)CC(=O)Nc1cccc(Cn2cncn2)c1. The first-order valence-electron chi connectivity index (χ1n) is 6.42. The van der Waals surface area contributed by atoms with Crippen LogP contribution in [0.3, 0.4) is 0 Å². The lowest BCUT2D eigenvalue weighted by atomic mass is 10.0. The van der Waals surface area contributed by atoms with Crippen LogP contribution in [0.4, 0.5) is 5.69 Å². The standard InChI is InChI=1S/C14H19N5O/c1-14(2,15)7-13(20)18-12-5-3-4-11(6-12)8-19-10-16-9-17-19/h3-6,9-10H,7-8,15H2,1-2H3,(H,18,20). The minimum atomic E-state index is -0.511. The molecule has 0 saturated heterocycles. The Morgan fingerprint density at radius 1 is 1.45 bits per heavy atom. The van der Waals surface area contributed by atoms with Gasteiger partial charge in [-0.05, 0) is 31.5 Å². The van der Waals surface area contributed by atoms with Crippen molar-refractivity contribution in [3.63, 3.8) is 0 Å². The van der Waals surface area contributed by atoms with E-state index in [0.29, 0.717) is 6.54 Å². The van der Waals surface area contributed by atoms with Crippen molar-refractivity contribution in [1.82, 2.24) is 14.8 Å². The summed E-state index contributed by atoms with van der Waals surface area (Å²) in [6.07, 6.45) is 3.43. The number of amides is 1. The molecular weight excluding hydrogens is 254 g/mol. The minimum Gasteiger partial charge on any atom is -0.326 e. The number of nitrogens with zero attached hydrogens (tertiary/aromatic N) is 3. The maximum Gasteiger partial charge on any atom is 0.226 e. The zero-order valence-electron chi connectivity index (χ0n) is 11.7. The fraction of sp³-hybridized carbons (Fsp3) is 0.357. The monoisotopic (exact) mass is 273 g/mol. The third-order valence-corrected chi connectivity index (χ3v) is 2.64. The summed E-state index contributed by atoms with van der Waals surface area (Å²) in [5, 5.41) is 6.91. The molecule has 0 unspecified atom stereocenters. The van der Waals surface area contributed by atoms with Gasteiger partial charge in [0.1, 0.15) is 12.7 Å². The van der Waals surface area contributed by atoms with Crippen molar-refractivity contribution in [1.29, 1.82) is 0 Å². The average molecular weight is 273 g/mol. The van der Waals surface area contributed by atoms with Crippen molar-refractivity contribution >= 4 is 11.6 Å². The highest BCUT2D eigenvalue weighted by atomic mass is 16.1. The smallest absolute Gasteiger partial charge is 0.226 e. The first kappa shape index (κ1) is 14.2. The third kappa shape index (κ3) is 4.47. The molecule has 106 valence electrons. The molecule has 1 aromatic carbocycles. The van der Waals surface area contributed by atoms with E-state index in [1.54, 1.807) is 11.0 Å². The van der Waals surface area contributed by atoms with Crippen LogP contribution in [0.2, 0.25) is 0 Å². The van der Waals surface area contributed by atoms with Gasteiger partial charge in [0, 0.05) is 17.6 Å². The van der Waals surface area contributed by atoms with Gasteiger partial charge in [0.05, 0.1) is 6.54 Å². The fourth-order valence-corrected chi connectivity index (χ4v) is 1.87. The number of benzene rings is 1. The number of nitrogens with one attached hydrogen (secondary N) is 1. The van der Waals surface area contributed by atoms with Crippen molar-refractivity contribution in [3.05, 3.63) is 42.5 Å². The van der Waals surface area contributed by atoms with E-state index < -0.39 is 5.54 Å². The van der Waals surface area contributed by atoms with Gasteiger partial charge in [-0.2, -0.15) is 5.10 Å². The molecule has 3 N–H and O–H groups in total. The quantitative estimate of drug-likeness (QED) is 0.862. The largest absolute Gasteiger partial charge is 0.326 e. The van der Waals surface area contributed by atoms with Crippen LogP contribution in [0.15, 0.2) is 36.9 Å². The molecule has 0 fully saturated rings. The van der Waals surface area contributed by atoms with E-state index >= 15 is 0 Å². The lowest BCUT2D eigenvalue weighted by molar-refractivity contribution is -0.117. The van der Waals surface area contributed by atoms with Crippen LogP contribution in [0.1, 0.15) is 25.8 Å². The Morgan fingerprint density at radius 2 is 2.25 bits per heavy atom. The van der Waals surface area contributed by atoms with Gasteiger partial charge in [-0.15, -0.1) is 0 Å². The molecule has 0 aliphatic carbocycles. The molecule has 6 heteroatoms. The maximum atomic E-state index is 11.8. The molecule has 2 aromatic rings. The molecular formula is C14H19N5O. The second kappa shape index (κ2) is 5.83. The minimum absolute atomic E-state index is 0.0876. The van der Waals surface area contributed by atoms with E-state index in [9.17, 15) is 4.79 Å². The summed E-state index contributed by atoms with van der Waals surface area (Å²) in [7, 11) is 0. The van der Waals surface area contributed by atoms with Crippen molar-refractivity contribution in [3.8, 4) is 0 Å². The van der Waals surface area contributed by atoms with Gasteiger partial charge in [-0.25, -0.2) is 9.67 Å². The molecule has 0 radical (unpaired) electrons. The Labute approximate surface area is 118 Å². The zero-order chi connectivity index (χ0) is 14.6. The first-order valence-corrected chi connectivity index (χ1v) is 6.42. The highest BCUT2D eigenvalue weighted by molar-refractivity contribution is 5.91. The molecule has 0 aliphatic rings. The number of rotatable bonds is 5. The van der Waals surface area contributed by atoms with Gasteiger partial charge >= 0.3 is 0 Å². The van der Waals surface area contributed by atoms with Crippen LogP contribution in [0, 0.1) is 0 Å². The van der Waals surface area contributed by atoms with Crippen LogP contribution in [-0.2, 0) is 11.3 Å². The van der Waals surface area contributed by atoms with Crippen LogP contribution >= 0.6 is 0 Å². The van der Waals surface area contributed by atoms with E-state index in [2.05, 4.69) is 15.4 Å². The Bertz CT molecular complexity index is 572. The lowest BCUT2D eigenvalue weighted by Crippen LogP contribution is -2.36. The van der Waals surface area contributed by atoms with E-state index in [-0.39, 0.29) is 12.3 Å². The molecule has 20 heavy (non-hydrogen) atoms. The van der Waals surface area contributed by atoms with Crippen LogP contribution in [0.25, 0.3) is 0 Å². The molecule has 1 heterocycles. The summed E-state index contributed by atoms with van der Waals surface area (Å²) in [5.41, 5.74) is 7.12.